The zero-order valence-corrected chi connectivity index (χ0v) is 31.1. The molecule has 0 unspecified atom stereocenters. The fraction of sp³-hybridized carbons (Fsp3) is 0.190. The van der Waals surface area contributed by atoms with Crippen LogP contribution in [0.1, 0.15) is 37.3 Å². The number of imidazole rings is 1. The summed E-state index contributed by atoms with van der Waals surface area (Å²) in [7, 11) is 3.65. The summed E-state index contributed by atoms with van der Waals surface area (Å²) in [6, 6.07) is 19.7. The highest BCUT2D eigenvalue weighted by molar-refractivity contribution is 6.07. The van der Waals surface area contributed by atoms with Gasteiger partial charge in [0.05, 0.1) is 46.0 Å². The predicted octanol–water partition coefficient (Wildman–Crippen LogP) is 5.68. The van der Waals surface area contributed by atoms with Gasteiger partial charge in [-0.1, -0.05) is 49.1 Å². The molecule has 56 heavy (non-hydrogen) atoms. The zero-order valence-electron chi connectivity index (χ0n) is 31.1. The van der Waals surface area contributed by atoms with E-state index in [1.807, 2.05) is 44.6 Å². The van der Waals surface area contributed by atoms with E-state index in [4.69, 9.17) is 4.98 Å². The van der Waals surface area contributed by atoms with Crippen molar-refractivity contribution in [3.05, 3.63) is 113 Å². The normalized spacial score (nSPS) is 13.2. The van der Waals surface area contributed by atoms with Crippen molar-refractivity contribution in [2.75, 3.05) is 11.4 Å². The Bertz CT molecular complexity index is 3010. The number of amides is 3. The molecular weight excluding hydrogens is 707 g/mol. The molecule has 276 valence electrons. The molecule has 6 aromatic heterocycles. The molecule has 0 bridgehead atoms. The van der Waals surface area contributed by atoms with Crippen LogP contribution in [0, 0.1) is 11.8 Å². The Morgan fingerprint density at radius 3 is 2.52 bits per heavy atom. The Hall–Kier alpha value is -7.40. The molecule has 0 aliphatic carbocycles. The summed E-state index contributed by atoms with van der Waals surface area (Å²) in [5, 5.41) is 17.3. The van der Waals surface area contributed by atoms with Gasteiger partial charge < -0.3 is 0 Å². The van der Waals surface area contributed by atoms with Crippen LogP contribution in [0.15, 0.2) is 96.4 Å². The van der Waals surface area contributed by atoms with Gasteiger partial charge in [0.15, 0.2) is 0 Å². The molecule has 0 radical (unpaired) electrons. The summed E-state index contributed by atoms with van der Waals surface area (Å²) < 4.78 is 6.76. The van der Waals surface area contributed by atoms with Crippen molar-refractivity contribution in [3.8, 4) is 45.6 Å². The quantitative estimate of drug-likeness (QED) is 0.214. The van der Waals surface area contributed by atoms with Crippen LogP contribution in [0.3, 0.4) is 0 Å². The third-order valence-corrected chi connectivity index (χ3v) is 10.3. The third-order valence-electron chi connectivity index (χ3n) is 10.3. The van der Waals surface area contributed by atoms with Crippen molar-refractivity contribution in [1.82, 2.24) is 49.0 Å². The number of nitrogens with one attached hydrogen (secondary N) is 1. The number of urea groups is 1. The molecule has 3 amide bonds. The highest BCUT2D eigenvalue weighted by Crippen LogP contribution is 2.35. The Balaban J connectivity index is 0.922. The standard InChI is InChI=1S/C42H35N11O3/c1-25(2)31-18-29(20-37-40(31)50(4)42(56)49(37)3)30-9-5-8-27-19-34(44-22-32(27)30)28-10-11-33(43-21-28)35-24-51(48-47-35)14-6-7-26-12-16-53-36(17-26)38(23-45-53)52-15-13-39(54)46-41(52)55/h5,8-12,16-25H,13-15H2,1-4H3,(H,46,54,55). The fourth-order valence-electron chi connectivity index (χ4n) is 7.32. The predicted molar refractivity (Wildman–Crippen MR) is 213 cm³/mol. The number of benzene rings is 2. The molecule has 14 nitrogen and oxygen atoms in total. The number of fused-ring (bicyclic) bond motifs is 3. The van der Waals surface area contributed by atoms with Crippen LogP contribution in [0.5, 0.6) is 0 Å². The monoisotopic (exact) mass is 741 g/mol. The minimum atomic E-state index is -0.465. The summed E-state index contributed by atoms with van der Waals surface area (Å²) in [5.74, 6) is 6.23. The molecule has 0 atom stereocenters. The lowest BCUT2D eigenvalue weighted by Gasteiger charge is -2.25. The molecule has 0 spiro atoms. The summed E-state index contributed by atoms with van der Waals surface area (Å²) in [4.78, 5) is 47.9. The molecule has 8 aromatic rings. The molecule has 9 rings (SSSR count). The van der Waals surface area contributed by atoms with E-state index in [0.717, 1.165) is 55.3 Å². The van der Waals surface area contributed by atoms with Crippen molar-refractivity contribution in [2.45, 2.75) is 32.7 Å². The molecular formula is C42H35N11O3. The number of nitrogens with zero attached hydrogens (tertiary/aromatic N) is 10. The van der Waals surface area contributed by atoms with Crippen molar-refractivity contribution in [3.63, 3.8) is 0 Å². The fourth-order valence-corrected chi connectivity index (χ4v) is 7.32. The minimum Gasteiger partial charge on any atom is -0.295 e. The van der Waals surface area contributed by atoms with Gasteiger partial charge in [-0.15, -0.1) is 5.10 Å². The Morgan fingerprint density at radius 2 is 1.71 bits per heavy atom. The molecule has 1 aliphatic heterocycles. The van der Waals surface area contributed by atoms with Gasteiger partial charge in [0.25, 0.3) is 0 Å². The second-order valence-electron chi connectivity index (χ2n) is 14.2. The Labute approximate surface area is 320 Å². The van der Waals surface area contributed by atoms with E-state index in [0.29, 0.717) is 29.1 Å². The third kappa shape index (κ3) is 5.95. The van der Waals surface area contributed by atoms with E-state index in [9.17, 15) is 14.4 Å². The van der Waals surface area contributed by atoms with Gasteiger partial charge in [0, 0.05) is 62.2 Å². The lowest BCUT2D eigenvalue weighted by atomic mass is 9.93. The molecule has 0 saturated carbocycles. The number of aryl methyl sites for hydroxylation is 2. The summed E-state index contributed by atoms with van der Waals surface area (Å²) in [5.41, 5.74) is 10.1. The lowest BCUT2D eigenvalue weighted by molar-refractivity contribution is -0.120. The summed E-state index contributed by atoms with van der Waals surface area (Å²) in [6.45, 7) is 4.89. The number of hydrogen-bond acceptors (Lipinski definition) is 8. The van der Waals surface area contributed by atoms with Crippen molar-refractivity contribution >= 4 is 44.9 Å². The minimum absolute atomic E-state index is 0.0394. The van der Waals surface area contributed by atoms with Crippen LogP contribution >= 0.6 is 0 Å². The van der Waals surface area contributed by atoms with Gasteiger partial charge in [-0.3, -0.25) is 34.1 Å². The highest BCUT2D eigenvalue weighted by atomic mass is 16.2. The molecule has 14 heteroatoms. The first-order valence-corrected chi connectivity index (χ1v) is 18.2. The van der Waals surface area contributed by atoms with Crippen LogP contribution in [0.2, 0.25) is 0 Å². The van der Waals surface area contributed by atoms with Gasteiger partial charge in [0.2, 0.25) is 5.91 Å². The maximum atomic E-state index is 12.8. The van der Waals surface area contributed by atoms with Crippen LogP contribution in [-0.4, -0.2) is 62.2 Å². The van der Waals surface area contributed by atoms with E-state index >= 15 is 0 Å². The smallest absolute Gasteiger partial charge is 0.295 e. The highest BCUT2D eigenvalue weighted by Gasteiger charge is 2.26. The Kier molecular flexibility index (Phi) is 8.27. The molecule has 2 aromatic carbocycles. The number of hydrogen-bond donors (Lipinski definition) is 1. The first-order valence-electron chi connectivity index (χ1n) is 18.2. The maximum absolute atomic E-state index is 12.8. The van der Waals surface area contributed by atoms with Gasteiger partial charge >= 0.3 is 11.7 Å². The molecule has 1 fully saturated rings. The van der Waals surface area contributed by atoms with Crippen LogP contribution in [0.4, 0.5) is 10.5 Å². The number of anilines is 1. The number of rotatable bonds is 6. The van der Waals surface area contributed by atoms with Crippen LogP contribution in [0.25, 0.3) is 61.1 Å². The first kappa shape index (κ1) is 34.4. The average molecular weight is 742 g/mol. The molecule has 1 saturated heterocycles. The second-order valence-corrected chi connectivity index (χ2v) is 14.2. The van der Waals surface area contributed by atoms with Gasteiger partial charge in [0.1, 0.15) is 12.2 Å². The molecule has 1 N–H and O–H groups in total. The number of carbonyl (C=O) groups is 2. The number of imide groups is 1. The molecule has 7 heterocycles. The van der Waals surface area contributed by atoms with Crippen LogP contribution in [-0.2, 0) is 25.4 Å². The van der Waals surface area contributed by atoms with E-state index in [1.165, 1.54) is 4.90 Å². The SMILES string of the molecule is CC(C)c1cc(-c2cccc3cc(-c4ccc(-c5cn(CC#Cc6ccn7ncc(N8CCC(=O)NC8=O)c7c6)nn5)nc4)ncc23)cc2c1n(C)c(=O)n2C. The van der Waals surface area contributed by atoms with E-state index in [2.05, 4.69) is 87.8 Å². The number of aromatic nitrogens is 9. The van der Waals surface area contributed by atoms with Crippen LogP contribution < -0.4 is 15.9 Å². The van der Waals surface area contributed by atoms with Gasteiger partial charge in [-0.05, 0) is 70.5 Å². The molecule has 1 aliphatic rings. The van der Waals surface area contributed by atoms with Crippen molar-refractivity contribution in [1.29, 1.82) is 0 Å². The van der Waals surface area contributed by atoms with Crippen molar-refractivity contribution < 1.29 is 9.59 Å². The van der Waals surface area contributed by atoms with Gasteiger partial charge in [-0.2, -0.15) is 5.10 Å². The topological polar surface area (TPSA) is 150 Å². The maximum Gasteiger partial charge on any atom is 0.328 e. The second kappa shape index (κ2) is 13.5. The average Bonchev–Trinajstić information content (AvgIpc) is 3.91. The van der Waals surface area contributed by atoms with E-state index in [1.54, 1.807) is 43.1 Å². The van der Waals surface area contributed by atoms with E-state index < -0.39 is 6.03 Å². The summed E-state index contributed by atoms with van der Waals surface area (Å²) in [6.07, 6.45) is 9.11. The van der Waals surface area contributed by atoms with Gasteiger partial charge in [-0.25, -0.2) is 18.8 Å². The van der Waals surface area contributed by atoms with Crippen molar-refractivity contribution in [2.24, 2.45) is 14.1 Å². The Morgan fingerprint density at radius 1 is 0.857 bits per heavy atom. The number of carbonyl (C=O) groups excluding carboxylic acids is 2. The first-order chi connectivity index (χ1) is 27.1. The summed E-state index contributed by atoms with van der Waals surface area (Å²) >= 11 is 0. The number of pyridine rings is 3. The van der Waals surface area contributed by atoms with E-state index in [-0.39, 0.29) is 30.5 Å². The zero-order chi connectivity index (χ0) is 38.7. The lowest BCUT2D eigenvalue weighted by Crippen LogP contribution is -2.49. The largest absolute Gasteiger partial charge is 0.328 e.